The average Bonchev–Trinajstić information content (AvgIpc) is 2.94. The van der Waals surface area contributed by atoms with Gasteiger partial charge in [-0.15, -0.1) is 23.1 Å². The second-order valence-electron chi connectivity index (χ2n) is 4.44. The average molecular weight is 306 g/mol. The largest absolute Gasteiger partial charge is 0.398 e. The van der Waals surface area contributed by atoms with E-state index in [-0.39, 0.29) is 5.91 Å². The van der Waals surface area contributed by atoms with Crippen molar-refractivity contribution in [2.24, 2.45) is 0 Å². The molecule has 0 aliphatic rings. The highest BCUT2D eigenvalue weighted by Crippen LogP contribution is 2.25. The van der Waals surface area contributed by atoms with E-state index >= 15 is 0 Å². The molecule has 0 bridgehead atoms. The third-order valence-electron chi connectivity index (χ3n) is 2.96. The van der Waals surface area contributed by atoms with Crippen LogP contribution in [0.4, 0.5) is 5.69 Å². The quantitative estimate of drug-likeness (QED) is 0.637. The van der Waals surface area contributed by atoms with Gasteiger partial charge in [-0.05, 0) is 42.5 Å². The van der Waals surface area contributed by atoms with Gasteiger partial charge < -0.3 is 11.1 Å². The molecule has 1 aromatic carbocycles. The summed E-state index contributed by atoms with van der Waals surface area (Å²) < 4.78 is 0. The first kappa shape index (κ1) is 14.9. The van der Waals surface area contributed by atoms with Crippen LogP contribution in [0.25, 0.3) is 0 Å². The van der Waals surface area contributed by atoms with E-state index in [1.54, 1.807) is 11.3 Å². The zero-order valence-electron chi connectivity index (χ0n) is 11.4. The minimum Gasteiger partial charge on any atom is -0.398 e. The van der Waals surface area contributed by atoms with Gasteiger partial charge in [-0.2, -0.15) is 0 Å². The number of hydrogen-bond acceptors (Lipinski definition) is 4. The number of nitrogen functional groups attached to an aromatic ring is 1. The minimum absolute atomic E-state index is 0.0633. The minimum atomic E-state index is 0.0633. The highest BCUT2D eigenvalue weighted by molar-refractivity contribution is 8.00. The van der Waals surface area contributed by atoms with Crippen LogP contribution in [0.15, 0.2) is 40.6 Å². The number of hydrogen-bond donors (Lipinski definition) is 2. The van der Waals surface area contributed by atoms with Crippen LogP contribution in [0.5, 0.6) is 0 Å². The molecule has 20 heavy (non-hydrogen) atoms. The van der Waals surface area contributed by atoms with Crippen molar-refractivity contribution in [1.82, 2.24) is 5.32 Å². The molecule has 1 amide bonds. The van der Waals surface area contributed by atoms with Gasteiger partial charge in [0.05, 0.1) is 5.75 Å². The Bertz CT molecular complexity index is 567. The smallest absolute Gasteiger partial charge is 0.230 e. The summed E-state index contributed by atoms with van der Waals surface area (Å²) >= 11 is 3.25. The second kappa shape index (κ2) is 7.36. The normalized spacial score (nSPS) is 10.4. The van der Waals surface area contributed by atoms with Crippen molar-refractivity contribution in [2.75, 3.05) is 18.0 Å². The molecule has 2 aromatic rings. The Morgan fingerprint density at radius 1 is 1.35 bits per heavy atom. The van der Waals surface area contributed by atoms with Gasteiger partial charge in [-0.25, -0.2) is 0 Å². The van der Waals surface area contributed by atoms with E-state index in [2.05, 4.69) is 16.8 Å². The summed E-state index contributed by atoms with van der Waals surface area (Å²) in [5, 5.41) is 4.99. The zero-order chi connectivity index (χ0) is 14.4. The lowest BCUT2D eigenvalue weighted by Crippen LogP contribution is -2.27. The lowest BCUT2D eigenvalue weighted by atomic mass is 10.2. The van der Waals surface area contributed by atoms with E-state index in [0.29, 0.717) is 12.3 Å². The number of carbonyl (C=O) groups is 1. The Hall–Kier alpha value is -1.46. The summed E-state index contributed by atoms with van der Waals surface area (Å²) in [5.74, 6) is 0.489. The van der Waals surface area contributed by atoms with Crippen molar-refractivity contribution in [3.8, 4) is 0 Å². The standard InChI is InChI=1S/C15H18N2OS2/c1-11-13(16)5-2-6-14(11)20-10-15(18)17-8-7-12-4-3-9-19-12/h2-6,9H,7-8,10,16H2,1H3,(H,17,18). The molecule has 0 fully saturated rings. The molecule has 0 unspecified atom stereocenters. The summed E-state index contributed by atoms with van der Waals surface area (Å²) in [6.45, 7) is 2.67. The van der Waals surface area contributed by atoms with Gasteiger partial charge in [0.2, 0.25) is 5.91 Å². The van der Waals surface area contributed by atoms with E-state index in [1.165, 1.54) is 16.6 Å². The number of rotatable bonds is 6. The molecule has 0 atom stereocenters. The Kier molecular flexibility index (Phi) is 5.49. The summed E-state index contributed by atoms with van der Waals surface area (Å²) in [6, 6.07) is 9.90. The van der Waals surface area contributed by atoms with Gasteiger partial charge in [0, 0.05) is 22.0 Å². The van der Waals surface area contributed by atoms with Crippen LogP contribution < -0.4 is 11.1 Å². The van der Waals surface area contributed by atoms with Gasteiger partial charge >= 0.3 is 0 Å². The molecule has 0 saturated carbocycles. The maximum atomic E-state index is 11.8. The van der Waals surface area contributed by atoms with Crippen molar-refractivity contribution in [3.63, 3.8) is 0 Å². The summed E-state index contributed by atoms with van der Waals surface area (Å²) in [7, 11) is 0. The van der Waals surface area contributed by atoms with E-state index in [4.69, 9.17) is 5.73 Å². The number of nitrogens with two attached hydrogens (primary N) is 1. The van der Waals surface area contributed by atoms with Crippen LogP contribution in [0, 0.1) is 6.92 Å². The number of nitrogens with one attached hydrogen (secondary N) is 1. The molecule has 1 heterocycles. The molecule has 0 aliphatic carbocycles. The SMILES string of the molecule is Cc1c(N)cccc1SCC(=O)NCCc1cccs1. The molecule has 1 aromatic heterocycles. The molecule has 3 N–H and O–H groups in total. The van der Waals surface area contributed by atoms with Crippen molar-refractivity contribution < 1.29 is 4.79 Å². The van der Waals surface area contributed by atoms with E-state index in [9.17, 15) is 4.79 Å². The van der Waals surface area contributed by atoms with Crippen LogP contribution in [-0.4, -0.2) is 18.2 Å². The first-order valence-electron chi connectivity index (χ1n) is 6.44. The summed E-state index contributed by atoms with van der Waals surface area (Å²) in [6.07, 6.45) is 0.894. The topological polar surface area (TPSA) is 55.1 Å². The van der Waals surface area contributed by atoms with Crippen LogP contribution in [0.3, 0.4) is 0 Å². The fourth-order valence-electron chi connectivity index (χ4n) is 1.76. The third kappa shape index (κ3) is 4.28. The Balaban J connectivity index is 1.73. The van der Waals surface area contributed by atoms with Gasteiger partial charge in [-0.1, -0.05) is 12.1 Å². The van der Waals surface area contributed by atoms with Crippen molar-refractivity contribution in [2.45, 2.75) is 18.2 Å². The Labute approximate surface area is 127 Å². The molecule has 5 heteroatoms. The Morgan fingerprint density at radius 2 is 2.20 bits per heavy atom. The van der Waals surface area contributed by atoms with Gasteiger partial charge in [0.1, 0.15) is 0 Å². The fourth-order valence-corrected chi connectivity index (χ4v) is 3.37. The van der Waals surface area contributed by atoms with Crippen molar-refractivity contribution in [1.29, 1.82) is 0 Å². The number of thiophene rings is 1. The first-order valence-corrected chi connectivity index (χ1v) is 8.30. The van der Waals surface area contributed by atoms with Crippen LogP contribution in [-0.2, 0) is 11.2 Å². The molecule has 3 nitrogen and oxygen atoms in total. The van der Waals surface area contributed by atoms with E-state index in [1.807, 2.05) is 31.2 Å². The number of amides is 1. The molecular formula is C15H18N2OS2. The maximum absolute atomic E-state index is 11.8. The van der Waals surface area contributed by atoms with E-state index < -0.39 is 0 Å². The molecular weight excluding hydrogens is 288 g/mol. The highest BCUT2D eigenvalue weighted by atomic mass is 32.2. The number of benzene rings is 1. The zero-order valence-corrected chi connectivity index (χ0v) is 13.0. The Morgan fingerprint density at radius 3 is 2.95 bits per heavy atom. The fraction of sp³-hybridized carbons (Fsp3) is 0.267. The molecule has 0 radical (unpaired) electrons. The maximum Gasteiger partial charge on any atom is 0.230 e. The highest BCUT2D eigenvalue weighted by Gasteiger charge is 2.06. The number of carbonyl (C=O) groups excluding carboxylic acids is 1. The first-order chi connectivity index (χ1) is 9.66. The number of thioether (sulfide) groups is 1. The second-order valence-corrected chi connectivity index (χ2v) is 6.49. The monoisotopic (exact) mass is 306 g/mol. The summed E-state index contributed by atoms with van der Waals surface area (Å²) in [5.41, 5.74) is 7.67. The number of anilines is 1. The van der Waals surface area contributed by atoms with Crippen LogP contribution in [0.1, 0.15) is 10.4 Å². The molecule has 2 rings (SSSR count). The van der Waals surface area contributed by atoms with E-state index in [0.717, 1.165) is 22.6 Å². The lowest BCUT2D eigenvalue weighted by Gasteiger charge is -2.08. The van der Waals surface area contributed by atoms with Crippen LogP contribution >= 0.6 is 23.1 Å². The van der Waals surface area contributed by atoms with Gasteiger partial charge in [0.15, 0.2) is 0 Å². The predicted octanol–water partition coefficient (Wildman–Crippen LogP) is 3.09. The molecule has 0 spiro atoms. The third-order valence-corrected chi connectivity index (χ3v) is 5.05. The predicted molar refractivity (Wildman–Crippen MR) is 87.3 cm³/mol. The molecule has 0 saturated heterocycles. The van der Waals surface area contributed by atoms with Crippen molar-refractivity contribution >= 4 is 34.7 Å². The van der Waals surface area contributed by atoms with Gasteiger partial charge in [0.25, 0.3) is 0 Å². The molecule has 106 valence electrons. The van der Waals surface area contributed by atoms with Crippen LogP contribution in [0.2, 0.25) is 0 Å². The lowest BCUT2D eigenvalue weighted by molar-refractivity contribution is -0.118. The summed E-state index contributed by atoms with van der Waals surface area (Å²) in [4.78, 5) is 14.1. The van der Waals surface area contributed by atoms with Gasteiger partial charge in [-0.3, -0.25) is 4.79 Å². The molecule has 0 aliphatic heterocycles. The van der Waals surface area contributed by atoms with Crippen molar-refractivity contribution in [3.05, 3.63) is 46.2 Å².